The van der Waals surface area contributed by atoms with Crippen LogP contribution in [0.5, 0.6) is 0 Å². The van der Waals surface area contributed by atoms with E-state index in [4.69, 9.17) is 19.7 Å². The summed E-state index contributed by atoms with van der Waals surface area (Å²) >= 11 is 0. The molecule has 8 heteroatoms. The van der Waals surface area contributed by atoms with Crippen molar-refractivity contribution in [1.82, 2.24) is 5.32 Å². The topological polar surface area (TPSA) is 128 Å². The van der Waals surface area contributed by atoms with Crippen molar-refractivity contribution in [3.63, 3.8) is 0 Å². The second-order valence-corrected chi connectivity index (χ2v) is 4.73. The van der Waals surface area contributed by atoms with E-state index in [9.17, 15) is 15.0 Å². The molecular formula is C12H23NO7. The van der Waals surface area contributed by atoms with Gasteiger partial charge >= 0.3 is 0 Å². The van der Waals surface area contributed by atoms with Crippen LogP contribution in [-0.2, 0) is 14.3 Å². The molecule has 0 aromatic rings. The van der Waals surface area contributed by atoms with Gasteiger partial charge in [-0.15, -0.1) is 0 Å². The summed E-state index contributed by atoms with van der Waals surface area (Å²) in [5, 5.41) is 40.0. The van der Waals surface area contributed by atoms with Crippen LogP contribution in [0, 0.1) is 0 Å². The highest BCUT2D eigenvalue weighted by Gasteiger charge is 2.45. The highest BCUT2D eigenvalue weighted by Crippen LogP contribution is 2.22. The molecule has 0 aromatic carbocycles. The Labute approximate surface area is 117 Å². The van der Waals surface area contributed by atoms with Crippen molar-refractivity contribution >= 4 is 5.91 Å². The van der Waals surface area contributed by atoms with Gasteiger partial charge < -0.3 is 35.2 Å². The van der Waals surface area contributed by atoms with E-state index in [1.54, 1.807) is 0 Å². The van der Waals surface area contributed by atoms with Crippen LogP contribution in [0.25, 0.3) is 0 Å². The average Bonchev–Trinajstić information content (AvgIpc) is 2.41. The van der Waals surface area contributed by atoms with Crippen molar-refractivity contribution in [1.29, 1.82) is 0 Å². The van der Waals surface area contributed by atoms with E-state index in [2.05, 4.69) is 5.32 Å². The van der Waals surface area contributed by atoms with Crippen LogP contribution in [0.1, 0.15) is 19.8 Å². The fraction of sp³-hybridized carbons (Fsp3) is 0.917. The smallest absolute Gasteiger partial charge is 0.217 e. The molecule has 1 amide bonds. The predicted octanol–water partition coefficient (Wildman–Crippen LogP) is -2.28. The van der Waals surface area contributed by atoms with E-state index in [1.807, 2.05) is 0 Å². The Balaban J connectivity index is 2.65. The molecule has 8 nitrogen and oxygen atoms in total. The van der Waals surface area contributed by atoms with Crippen LogP contribution >= 0.6 is 0 Å². The molecule has 0 spiro atoms. The van der Waals surface area contributed by atoms with Gasteiger partial charge in [0.1, 0.15) is 24.4 Å². The Morgan fingerprint density at radius 3 is 2.50 bits per heavy atom. The molecule has 1 saturated heterocycles. The van der Waals surface area contributed by atoms with Gasteiger partial charge in [0.25, 0.3) is 0 Å². The van der Waals surface area contributed by atoms with Crippen molar-refractivity contribution in [2.45, 2.75) is 50.4 Å². The Morgan fingerprint density at radius 1 is 1.25 bits per heavy atom. The summed E-state index contributed by atoms with van der Waals surface area (Å²) in [6.45, 7) is 1.12. The molecule has 0 aliphatic carbocycles. The number of nitrogens with one attached hydrogen (secondary N) is 1. The van der Waals surface area contributed by atoms with E-state index in [-0.39, 0.29) is 13.2 Å². The van der Waals surface area contributed by atoms with Gasteiger partial charge in [0.15, 0.2) is 6.29 Å². The number of carbonyl (C=O) groups excluding carboxylic acids is 1. The highest BCUT2D eigenvalue weighted by molar-refractivity contribution is 5.73. The van der Waals surface area contributed by atoms with Gasteiger partial charge in [0, 0.05) is 20.1 Å². The lowest BCUT2D eigenvalue weighted by Crippen LogP contribution is -2.64. The maximum atomic E-state index is 11.1. The van der Waals surface area contributed by atoms with Gasteiger partial charge in [0.2, 0.25) is 5.91 Å². The highest BCUT2D eigenvalue weighted by atomic mass is 16.7. The van der Waals surface area contributed by atoms with Gasteiger partial charge in [-0.1, -0.05) is 0 Å². The number of ether oxygens (including phenoxy) is 2. The number of hydrogen-bond acceptors (Lipinski definition) is 7. The zero-order valence-electron chi connectivity index (χ0n) is 11.4. The van der Waals surface area contributed by atoms with Crippen LogP contribution < -0.4 is 5.32 Å². The summed E-state index contributed by atoms with van der Waals surface area (Å²) in [7, 11) is 0. The fourth-order valence-corrected chi connectivity index (χ4v) is 2.03. The van der Waals surface area contributed by atoms with Crippen LogP contribution in [0.3, 0.4) is 0 Å². The molecule has 0 aromatic heterocycles. The van der Waals surface area contributed by atoms with Gasteiger partial charge in [-0.2, -0.15) is 0 Å². The maximum absolute atomic E-state index is 11.1. The molecule has 1 rings (SSSR count). The summed E-state index contributed by atoms with van der Waals surface area (Å²) in [6.07, 6.45) is -3.40. The molecule has 118 valence electrons. The third kappa shape index (κ3) is 4.65. The van der Waals surface area contributed by atoms with E-state index >= 15 is 0 Å². The lowest BCUT2D eigenvalue weighted by Gasteiger charge is -2.42. The second-order valence-electron chi connectivity index (χ2n) is 4.73. The van der Waals surface area contributed by atoms with Crippen molar-refractivity contribution in [2.24, 2.45) is 0 Å². The Hall–Kier alpha value is -0.770. The third-order valence-corrected chi connectivity index (χ3v) is 3.09. The molecule has 0 radical (unpaired) electrons. The van der Waals surface area contributed by atoms with Crippen molar-refractivity contribution in [3.8, 4) is 0 Å². The quantitative estimate of drug-likeness (QED) is 0.334. The first kappa shape index (κ1) is 17.3. The lowest BCUT2D eigenvalue weighted by molar-refractivity contribution is -0.270. The summed E-state index contributed by atoms with van der Waals surface area (Å²) in [5.41, 5.74) is 0. The minimum absolute atomic E-state index is 0.0462. The lowest BCUT2D eigenvalue weighted by atomic mass is 9.97. The summed E-state index contributed by atoms with van der Waals surface area (Å²) < 4.78 is 10.8. The number of aliphatic hydroxyl groups is 4. The van der Waals surface area contributed by atoms with Gasteiger partial charge in [0.05, 0.1) is 6.61 Å². The molecule has 0 bridgehead atoms. The number of aliphatic hydroxyl groups excluding tert-OH is 4. The number of hydrogen-bond donors (Lipinski definition) is 5. The van der Waals surface area contributed by atoms with Gasteiger partial charge in [-0.3, -0.25) is 4.79 Å². The molecule has 20 heavy (non-hydrogen) atoms. The molecular weight excluding hydrogens is 270 g/mol. The summed E-state index contributed by atoms with van der Waals surface area (Å²) in [4.78, 5) is 11.1. The zero-order chi connectivity index (χ0) is 15.1. The predicted molar refractivity (Wildman–Crippen MR) is 67.6 cm³/mol. The van der Waals surface area contributed by atoms with E-state index in [1.165, 1.54) is 6.92 Å². The third-order valence-electron chi connectivity index (χ3n) is 3.09. The fourth-order valence-electron chi connectivity index (χ4n) is 2.03. The Bertz CT molecular complexity index is 302. The van der Waals surface area contributed by atoms with Crippen LogP contribution in [0.4, 0.5) is 0 Å². The zero-order valence-corrected chi connectivity index (χ0v) is 11.4. The Morgan fingerprint density at radius 2 is 1.95 bits per heavy atom. The average molecular weight is 293 g/mol. The monoisotopic (exact) mass is 293 g/mol. The van der Waals surface area contributed by atoms with Crippen LogP contribution in [0.2, 0.25) is 0 Å². The van der Waals surface area contributed by atoms with Gasteiger partial charge in [-0.25, -0.2) is 0 Å². The van der Waals surface area contributed by atoms with Crippen LogP contribution in [0.15, 0.2) is 0 Å². The minimum Gasteiger partial charge on any atom is -0.396 e. The molecule has 5 atom stereocenters. The molecule has 5 N–H and O–H groups in total. The number of amides is 1. The largest absolute Gasteiger partial charge is 0.396 e. The molecule has 1 aliphatic rings. The number of carbonyl (C=O) groups is 1. The van der Waals surface area contributed by atoms with Gasteiger partial charge in [-0.05, 0) is 12.8 Å². The Kier molecular flexibility index (Phi) is 7.35. The molecule has 1 heterocycles. The van der Waals surface area contributed by atoms with Crippen molar-refractivity contribution in [3.05, 3.63) is 0 Å². The number of rotatable bonds is 7. The summed E-state index contributed by atoms with van der Waals surface area (Å²) in [5.74, 6) is -0.392. The van der Waals surface area contributed by atoms with E-state index in [0.717, 1.165) is 0 Å². The molecule has 1 fully saturated rings. The normalized spacial score (nSPS) is 34.0. The minimum atomic E-state index is -1.31. The van der Waals surface area contributed by atoms with E-state index < -0.39 is 43.2 Å². The van der Waals surface area contributed by atoms with Crippen molar-refractivity contribution in [2.75, 3.05) is 19.8 Å². The maximum Gasteiger partial charge on any atom is 0.217 e. The first-order chi connectivity index (χ1) is 9.51. The standard InChI is InChI=1S/C12H23NO7/c1-7(16)13-9-11(18)10(17)8(6-15)20-12(9)19-5-3-2-4-14/h8-12,14-15,17-18H,2-6H2,1H3,(H,13,16)/t8?,9?,10-,11?,12+/m0/s1. The van der Waals surface area contributed by atoms with Crippen molar-refractivity contribution < 1.29 is 34.7 Å². The molecule has 3 unspecified atom stereocenters. The second kappa shape index (κ2) is 8.50. The summed E-state index contributed by atoms with van der Waals surface area (Å²) in [6, 6.07) is -0.917. The first-order valence-corrected chi connectivity index (χ1v) is 6.63. The first-order valence-electron chi connectivity index (χ1n) is 6.63. The van der Waals surface area contributed by atoms with E-state index in [0.29, 0.717) is 12.8 Å². The molecule has 0 saturated carbocycles. The SMILES string of the molecule is CC(=O)NC1C(O)[C@@H](O)C(CO)O[C@H]1OCCCCO. The van der Waals surface area contributed by atoms with Crippen LogP contribution in [-0.4, -0.2) is 76.8 Å². The molecule has 1 aliphatic heterocycles. The number of unbranched alkanes of at least 4 members (excludes halogenated alkanes) is 1.